The number of nitrogens with one attached hydrogen (secondary N) is 3. The maximum absolute atomic E-state index is 13.7. The molecule has 2 rings (SSSR count). The summed E-state index contributed by atoms with van der Waals surface area (Å²) in [5.74, 6) is -5.99. The van der Waals surface area contributed by atoms with E-state index in [0.29, 0.717) is 30.4 Å². The van der Waals surface area contributed by atoms with Crippen LogP contribution in [0.1, 0.15) is 56.1 Å². The predicted octanol–water partition coefficient (Wildman–Crippen LogP) is -1.24. The van der Waals surface area contributed by atoms with Crippen molar-refractivity contribution in [2.45, 2.75) is 63.5 Å². The highest BCUT2D eigenvalue weighted by atomic mass is 16.4. The van der Waals surface area contributed by atoms with Crippen molar-refractivity contribution in [2.75, 3.05) is 20.1 Å². The first-order valence-corrected chi connectivity index (χ1v) is 14.2. The number of aliphatic carboxylic acids is 1. The number of primary amides is 1. The van der Waals surface area contributed by atoms with Crippen molar-refractivity contribution in [3.05, 3.63) is 35.4 Å². The molecule has 3 atom stereocenters. The highest BCUT2D eigenvalue weighted by molar-refractivity contribution is 6.03. The number of hydrogen-bond donors (Lipinski definition) is 8. The first kappa shape index (κ1) is 34.5. The summed E-state index contributed by atoms with van der Waals surface area (Å²) >= 11 is 0. The van der Waals surface area contributed by atoms with Crippen molar-refractivity contribution in [3.8, 4) is 0 Å². The summed E-state index contributed by atoms with van der Waals surface area (Å²) in [5.41, 5.74) is 22.7. The average Bonchev–Trinajstić information content (AvgIpc) is 2.95. The normalized spacial score (nSPS) is 15.3. The van der Waals surface area contributed by atoms with Gasteiger partial charge in [-0.2, -0.15) is 0 Å². The molecule has 1 unspecified atom stereocenters. The second-order valence-electron chi connectivity index (χ2n) is 10.8. The van der Waals surface area contributed by atoms with Gasteiger partial charge in [-0.3, -0.25) is 34.4 Å². The minimum absolute atomic E-state index is 0.0967. The summed E-state index contributed by atoms with van der Waals surface area (Å²) in [6, 6.07) is 4.29. The fourth-order valence-corrected chi connectivity index (χ4v) is 5.06. The molecule has 1 aliphatic rings. The number of aliphatic imine (C=N–C) groups is 1. The molecule has 15 heteroatoms. The Bertz CT molecular complexity index is 1190. The zero-order chi connectivity index (χ0) is 32.1. The van der Waals surface area contributed by atoms with Gasteiger partial charge in [-0.25, -0.2) is 0 Å². The van der Waals surface area contributed by atoms with Crippen molar-refractivity contribution in [3.63, 3.8) is 0 Å². The van der Waals surface area contributed by atoms with Gasteiger partial charge in [-0.15, -0.1) is 0 Å². The maximum Gasteiger partial charge on any atom is 0.323 e. The van der Waals surface area contributed by atoms with Crippen LogP contribution in [0.2, 0.25) is 0 Å². The molecule has 0 aromatic heterocycles. The van der Waals surface area contributed by atoms with E-state index in [1.165, 1.54) is 7.05 Å². The first-order chi connectivity index (χ1) is 20.3. The number of carbonyl (C=O) groups excluding carboxylic acids is 4. The highest BCUT2D eigenvalue weighted by Gasteiger charge is 2.37. The average molecular weight is 602 g/mol. The molecule has 1 aromatic carbocycles. The fourth-order valence-electron chi connectivity index (χ4n) is 5.06. The predicted molar refractivity (Wildman–Crippen MR) is 159 cm³/mol. The summed E-state index contributed by atoms with van der Waals surface area (Å²) < 4.78 is 0. The van der Waals surface area contributed by atoms with E-state index < -0.39 is 54.1 Å². The number of carboxylic acid groups (broad SMARTS) is 1. The van der Waals surface area contributed by atoms with Gasteiger partial charge in [0.15, 0.2) is 5.96 Å². The van der Waals surface area contributed by atoms with E-state index in [2.05, 4.69) is 15.6 Å². The summed E-state index contributed by atoms with van der Waals surface area (Å²) in [4.78, 5) is 68.9. The molecule has 1 saturated carbocycles. The number of nitrogen functional groups attached to an aromatic ring is 1. The monoisotopic (exact) mass is 601 g/mol. The Morgan fingerprint density at radius 3 is 2.16 bits per heavy atom. The van der Waals surface area contributed by atoms with Gasteiger partial charge in [-0.1, -0.05) is 43.5 Å². The lowest BCUT2D eigenvalue weighted by atomic mass is 9.83. The molecule has 1 fully saturated rings. The molecule has 12 N–H and O–H groups in total. The smallest absolute Gasteiger partial charge is 0.323 e. The van der Waals surface area contributed by atoms with Crippen molar-refractivity contribution >= 4 is 41.4 Å². The van der Waals surface area contributed by atoms with Gasteiger partial charge in [0.05, 0.1) is 0 Å². The zero-order valence-electron chi connectivity index (χ0n) is 24.4. The highest BCUT2D eigenvalue weighted by Crippen LogP contribution is 2.27. The van der Waals surface area contributed by atoms with Gasteiger partial charge in [0, 0.05) is 19.2 Å². The molecule has 15 nitrogen and oxygen atoms in total. The lowest BCUT2D eigenvalue weighted by Crippen LogP contribution is -2.57. The minimum atomic E-state index is -1.36. The van der Waals surface area contributed by atoms with Gasteiger partial charge < -0.3 is 43.6 Å². The number of guanidine groups is 1. The van der Waals surface area contributed by atoms with Crippen LogP contribution in [0.5, 0.6) is 0 Å². The van der Waals surface area contributed by atoms with Crippen molar-refractivity contribution < 1.29 is 29.1 Å². The lowest BCUT2D eigenvalue weighted by molar-refractivity contribution is -0.148. The molecule has 0 saturated heterocycles. The topological polar surface area (TPSA) is 273 Å². The molecule has 43 heavy (non-hydrogen) atoms. The number of hydrogen-bond acceptors (Lipinski definition) is 7. The summed E-state index contributed by atoms with van der Waals surface area (Å²) in [6.45, 7) is -0.398. The molecule has 0 spiro atoms. The zero-order valence-corrected chi connectivity index (χ0v) is 24.4. The molecule has 0 aliphatic heterocycles. The quantitative estimate of drug-likeness (QED) is 0.0486. The van der Waals surface area contributed by atoms with E-state index in [4.69, 9.17) is 28.3 Å². The summed E-state index contributed by atoms with van der Waals surface area (Å²) in [6.07, 6.45) is 4.39. The number of amidine groups is 1. The Balaban J connectivity index is 2.32. The molecule has 0 radical (unpaired) electrons. The molecular weight excluding hydrogens is 558 g/mol. The van der Waals surface area contributed by atoms with Crippen LogP contribution in [0.15, 0.2) is 29.3 Å². The fraction of sp³-hybridized carbons (Fsp3) is 0.536. The van der Waals surface area contributed by atoms with E-state index in [1.54, 1.807) is 24.3 Å². The van der Waals surface area contributed by atoms with Crippen LogP contribution < -0.4 is 33.6 Å². The first-order valence-electron chi connectivity index (χ1n) is 14.2. The van der Waals surface area contributed by atoms with E-state index in [0.717, 1.165) is 24.2 Å². The van der Waals surface area contributed by atoms with Gasteiger partial charge in [-0.05, 0) is 43.6 Å². The lowest BCUT2D eigenvalue weighted by Gasteiger charge is -2.32. The van der Waals surface area contributed by atoms with E-state index in [9.17, 15) is 29.1 Å². The number of carboxylic acids is 1. The Morgan fingerprint density at radius 2 is 1.63 bits per heavy atom. The van der Waals surface area contributed by atoms with Gasteiger partial charge in [0.25, 0.3) is 0 Å². The van der Waals surface area contributed by atoms with E-state index >= 15 is 0 Å². The number of amides is 4. The Morgan fingerprint density at radius 1 is 1.00 bits per heavy atom. The van der Waals surface area contributed by atoms with Crippen molar-refractivity contribution in [1.29, 1.82) is 5.41 Å². The molecule has 0 bridgehead atoms. The number of benzene rings is 1. The number of nitrogens with two attached hydrogens (primary N) is 4. The standard InChI is InChI=1S/C28H43N9O6/c1-37(15-21(38)39)27(43)19(14-16-9-11-18(12-10-16)23(29)30)25(41)36-22(17-6-3-2-4-7-17)26(42)35-20(24(31)40)8-5-13-34-28(32)33/h9-12,17,19-20,22H,2-8,13-15H2,1H3,(H3,29,30)(H2,31,40)(H,35,42)(H,36,41)(H,38,39)(H4,32,33,34)/t19?,20-,22-/m0/s1. The van der Waals surface area contributed by atoms with Crippen LogP contribution in [0, 0.1) is 17.2 Å². The van der Waals surface area contributed by atoms with Crippen LogP contribution in [0.25, 0.3) is 0 Å². The Hall–Kier alpha value is -4.69. The second-order valence-corrected chi connectivity index (χ2v) is 10.8. The molecule has 236 valence electrons. The largest absolute Gasteiger partial charge is 0.480 e. The van der Waals surface area contributed by atoms with Crippen LogP contribution in [-0.4, -0.2) is 83.6 Å². The van der Waals surface area contributed by atoms with Crippen LogP contribution >= 0.6 is 0 Å². The SMILES string of the molecule is CN(CC(=O)O)C(=O)C(Cc1ccc(C(=N)N)cc1)C(=O)N[C@H](C(=O)N[C@@H](CCCN=C(N)N)C(N)=O)C1CCCCC1. The van der Waals surface area contributed by atoms with Crippen LogP contribution in [-0.2, 0) is 30.4 Å². The van der Waals surface area contributed by atoms with Crippen molar-refractivity contribution in [1.82, 2.24) is 15.5 Å². The number of carbonyl (C=O) groups is 5. The third-order valence-electron chi connectivity index (χ3n) is 7.37. The number of nitrogens with zero attached hydrogens (tertiary/aromatic N) is 2. The van der Waals surface area contributed by atoms with Gasteiger partial charge in [0.1, 0.15) is 30.4 Å². The molecule has 0 heterocycles. The number of likely N-dealkylation sites (N-methyl/N-ethyl adjacent to an activating group) is 1. The molecule has 1 aromatic rings. The minimum Gasteiger partial charge on any atom is -0.480 e. The van der Waals surface area contributed by atoms with Gasteiger partial charge in [0.2, 0.25) is 23.6 Å². The van der Waals surface area contributed by atoms with Crippen LogP contribution in [0.3, 0.4) is 0 Å². The molecule has 4 amide bonds. The van der Waals surface area contributed by atoms with Gasteiger partial charge >= 0.3 is 5.97 Å². The Labute approximate surface area is 250 Å². The van der Waals surface area contributed by atoms with E-state index in [1.807, 2.05) is 0 Å². The van der Waals surface area contributed by atoms with Crippen LogP contribution in [0.4, 0.5) is 0 Å². The van der Waals surface area contributed by atoms with Crippen molar-refractivity contribution in [2.24, 2.45) is 39.8 Å². The molecule has 1 aliphatic carbocycles. The molecular formula is C28H43N9O6. The number of rotatable bonds is 16. The third kappa shape index (κ3) is 11.2. The third-order valence-corrected chi connectivity index (χ3v) is 7.37. The maximum atomic E-state index is 13.7. The van der Waals surface area contributed by atoms with E-state index in [-0.39, 0.29) is 37.1 Å². The second kappa shape index (κ2) is 16.7. The Kier molecular flexibility index (Phi) is 13.4. The summed E-state index contributed by atoms with van der Waals surface area (Å²) in [7, 11) is 1.28. The summed E-state index contributed by atoms with van der Waals surface area (Å²) in [5, 5.41) is 22.2.